The second-order valence-corrected chi connectivity index (χ2v) is 15.9. The van der Waals surface area contributed by atoms with Crippen LogP contribution in [0.3, 0.4) is 0 Å². The molecule has 0 spiro atoms. The van der Waals surface area contributed by atoms with Crippen LogP contribution in [-0.4, -0.2) is 21.1 Å². The fourth-order valence-electron chi connectivity index (χ4n) is 11.9. The first-order valence-corrected chi connectivity index (χ1v) is 19.6. The van der Waals surface area contributed by atoms with E-state index in [0.29, 0.717) is 0 Å². The van der Waals surface area contributed by atoms with Gasteiger partial charge in [0.25, 0.3) is 0 Å². The third-order valence-electron chi connectivity index (χ3n) is 13.9. The monoisotopic (exact) mass is 682 g/mol. The molecule has 0 saturated carbocycles. The van der Waals surface area contributed by atoms with Gasteiger partial charge in [-0.3, -0.25) is 0 Å². The molecule has 3 heteroatoms. The Morgan fingerprint density at radius 3 is 1.43 bits per heavy atom. The van der Waals surface area contributed by atoms with Crippen molar-refractivity contribution in [2.75, 3.05) is 0 Å². The van der Waals surface area contributed by atoms with E-state index in [1.165, 1.54) is 126 Å². The molecule has 0 unspecified atom stereocenters. The summed E-state index contributed by atoms with van der Waals surface area (Å²) in [6, 6.07) is 42.3. The predicted molar refractivity (Wildman–Crippen MR) is 231 cm³/mol. The van der Waals surface area contributed by atoms with Crippen LogP contribution >= 0.6 is 0 Å². The van der Waals surface area contributed by atoms with Crippen molar-refractivity contribution in [1.82, 2.24) is 4.48 Å². The number of aromatic nitrogens is 1. The molecule has 2 aliphatic rings. The summed E-state index contributed by atoms with van der Waals surface area (Å²) in [4.78, 5) is 0. The third-order valence-corrected chi connectivity index (χ3v) is 13.9. The number of rotatable bonds is 4. The third kappa shape index (κ3) is 3.54. The zero-order valence-corrected chi connectivity index (χ0v) is 31.8. The van der Waals surface area contributed by atoms with Gasteiger partial charge in [-0.2, -0.15) is 0 Å². The van der Waals surface area contributed by atoms with Crippen molar-refractivity contribution in [2.24, 2.45) is 0 Å². The molecule has 53 heavy (non-hydrogen) atoms. The molecule has 0 amide bonds. The Labute approximate surface area is 311 Å². The van der Waals surface area contributed by atoms with E-state index in [1.807, 2.05) is 0 Å². The minimum absolute atomic E-state index is 1.00. The van der Waals surface area contributed by atoms with Crippen LogP contribution < -0.4 is 10.9 Å². The molecule has 0 fully saturated rings. The lowest BCUT2D eigenvalue weighted by molar-refractivity contribution is -0.330. The standard InChI is InChI=1S/C50H43BN2/c1-8-39-28(3)49-30(5)50-29(4)40(9-2)32(7)53(50)51(52(49)31(39)6,43-26-22-37-18-16-33-12-10-14-35-20-24-41(43)47(37)45(33)35)44-27-23-38-19-17-34-13-11-15-36-21-25-42(44)48(38)46(34)36/h10-27H,8-9H2,1-7H3. The van der Waals surface area contributed by atoms with Gasteiger partial charge in [-0.05, 0) is 122 Å². The van der Waals surface area contributed by atoms with Crippen molar-refractivity contribution >= 4 is 93.3 Å². The van der Waals surface area contributed by atoms with E-state index in [-0.39, 0.29) is 0 Å². The van der Waals surface area contributed by atoms with Crippen LogP contribution in [0.5, 0.6) is 0 Å². The second-order valence-electron chi connectivity index (χ2n) is 15.9. The average molecular weight is 683 g/mol. The molecule has 2 nitrogen and oxygen atoms in total. The highest BCUT2D eigenvalue weighted by Crippen LogP contribution is 2.46. The number of fused-ring (bicyclic) bond motifs is 2. The normalized spacial score (nSPS) is 15.9. The lowest BCUT2D eigenvalue weighted by atomic mass is 9.33. The molecule has 0 N–H and O–H groups in total. The summed E-state index contributed by atoms with van der Waals surface area (Å²) < 4.78 is 5.70. The van der Waals surface area contributed by atoms with Gasteiger partial charge < -0.3 is 8.96 Å². The average Bonchev–Trinajstić information content (AvgIpc) is 3.60. The van der Waals surface area contributed by atoms with E-state index in [9.17, 15) is 0 Å². The van der Waals surface area contributed by atoms with Crippen LogP contribution in [0, 0.1) is 13.8 Å². The van der Waals surface area contributed by atoms with Gasteiger partial charge in [-0.25, -0.2) is 0 Å². The van der Waals surface area contributed by atoms with Crippen LogP contribution in [0.4, 0.5) is 0 Å². The van der Waals surface area contributed by atoms with Crippen molar-refractivity contribution in [3.05, 3.63) is 149 Å². The van der Waals surface area contributed by atoms with Gasteiger partial charge in [-0.15, -0.1) is 0 Å². The molecule has 0 atom stereocenters. The van der Waals surface area contributed by atoms with Crippen molar-refractivity contribution < 1.29 is 4.49 Å². The summed E-state index contributed by atoms with van der Waals surface area (Å²) >= 11 is 0. The summed E-state index contributed by atoms with van der Waals surface area (Å²) in [7, 11) is 0. The molecule has 0 bridgehead atoms. The molecule has 1 aromatic heterocycles. The Kier molecular flexibility index (Phi) is 6.11. The maximum atomic E-state index is 2.85. The molecule has 0 aliphatic carbocycles. The Bertz CT molecular complexity index is 3000. The minimum Gasteiger partial charge on any atom is -0.450 e. The van der Waals surface area contributed by atoms with Gasteiger partial charge in [0, 0.05) is 29.3 Å². The Morgan fingerprint density at radius 2 is 0.962 bits per heavy atom. The first kappa shape index (κ1) is 30.9. The summed E-state index contributed by atoms with van der Waals surface area (Å²) in [6.45, 7) is 16.7. The molecule has 256 valence electrons. The Morgan fingerprint density at radius 1 is 0.509 bits per heavy atom. The number of hydrogen-bond donors (Lipinski definition) is 0. The summed E-state index contributed by atoms with van der Waals surface area (Å²) in [5, 5.41) is 16.0. The molecule has 9 aromatic rings. The van der Waals surface area contributed by atoms with E-state index in [1.54, 1.807) is 0 Å². The van der Waals surface area contributed by atoms with Gasteiger partial charge in [0.1, 0.15) is 5.71 Å². The van der Waals surface area contributed by atoms with Crippen molar-refractivity contribution in [3.63, 3.8) is 0 Å². The summed E-state index contributed by atoms with van der Waals surface area (Å²) in [5.74, 6) is 0. The van der Waals surface area contributed by atoms with E-state index in [0.717, 1.165) is 12.8 Å². The highest BCUT2D eigenvalue weighted by molar-refractivity contribution is 6.99. The summed E-state index contributed by atoms with van der Waals surface area (Å²) in [5.41, 5.74) is 15.5. The fraction of sp³-hybridized carbons (Fsp3) is 0.180. The number of hydrogen-bond acceptors (Lipinski definition) is 0. The zero-order valence-electron chi connectivity index (χ0n) is 31.8. The van der Waals surface area contributed by atoms with Gasteiger partial charge in [0.2, 0.25) is 0 Å². The largest absolute Gasteiger partial charge is 0.450 e. The second kappa shape index (κ2) is 10.5. The van der Waals surface area contributed by atoms with Crippen LogP contribution in [-0.2, 0) is 6.42 Å². The SMILES string of the molecule is CCC1=C(C)C2=C(C)c3c(C)c(CC)c(C)n3[B-](c3ccc4ccc5cccc6ccc3c4c56)(c3ccc4ccc5cccc6ccc3c4c56)[N+]2=C1C. The fourth-order valence-corrected chi connectivity index (χ4v) is 11.9. The number of allylic oxidation sites excluding steroid dienone is 3. The number of nitrogens with zero attached hydrogens (tertiary/aromatic N) is 2. The van der Waals surface area contributed by atoms with Crippen molar-refractivity contribution in [2.45, 2.75) is 61.3 Å². The highest BCUT2D eigenvalue weighted by atomic mass is 15.2. The Hall–Kier alpha value is -5.67. The van der Waals surface area contributed by atoms with Gasteiger partial charge in [0.05, 0.1) is 0 Å². The van der Waals surface area contributed by atoms with Crippen LogP contribution in [0.2, 0.25) is 0 Å². The zero-order chi connectivity index (χ0) is 36.1. The van der Waals surface area contributed by atoms with E-state index in [4.69, 9.17) is 0 Å². The Balaban J connectivity index is 1.44. The molecule has 0 saturated heterocycles. The molecule has 8 aromatic carbocycles. The smallest absolute Gasteiger partial charge is 0.436 e. The molecule has 0 radical (unpaired) electrons. The van der Waals surface area contributed by atoms with E-state index < -0.39 is 6.42 Å². The quantitative estimate of drug-likeness (QED) is 0.129. The molecule has 11 rings (SSSR count). The van der Waals surface area contributed by atoms with Crippen LogP contribution in [0.1, 0.15) is 63.6 Å². The van der Waals surface area contributed by atoms with Gasteiger partial charge in [0.15, 0.2) is 5.70 Å². The first-order chi connectivity index (χ1) is 25.8. The maximum absolute atomic E-state index is 2.85. The molecular formula is C50H43BN2. The number of benzene rings is 8. The van der Waals surface area contributed by atoms with Gasteiger partial charge >= 0.3 is 6.42 Å². The topological polar surface area (TPSA) is 7.94 Å². The lowest BCUT2D eigenvalue weighted by Gasteiger charge is -2.47. The molecule has 3 heterocycles. The van der Waals surface area contributed by atoms with E-state index >= 15 is 0 Å². The maximum Gasteiger partial charge on any atom is 0.436 e. The molecular weight excluding hydrogens is 639 g/mol. The predicted octanol–water partition coefficient (Wildman–Crippen LogP) is 11.5. The molecule has 2 aliphatic heterocycles. The van der Waals surface area contributed by atoms with Crippen LogP contribution in [0.25, 0.3) is 70.2 Å². The first-order valence-electron chi connectivity index (χ1n) is 19.6. The minimum atomic E-state index is -1.85. The van der Waals surface area contributed by atoms with Crippen molar-refractivity contribution in [3.8, 4) is 0 Å². The van der Waals surface area contributed by atoms with Gasteiger partial charge in [-0.1, -0.05) is 134 Å². The van der Waals surface area contributed by atoms with Crippen molar-refractivity contribution in [1.29, 1.82) is 0 Å². The highest BCUT2D eigenvalue weighted by Gasteiger charge is 2.56. The lowest BCUT2D eigenvalue weighted by Crippen LogP contribution is -2.74. The summed E-state index contributed by atoms with van der Waals surface area (Å²) in [6.07, 6.45) is 0.150. The van der Waals surface area contributed by atoms with E-state index in [2.05, 4.69) is 167 Å². The van der Waals surface area contributed by atoms with Crippen LogP contribution in [0.15, 0.2) is 126 Å².